The number of hydrogen-bond acceptors (Lipinski definition) is 5. The van der Waals surface area contributed by atoms with Gasteiger partial charge in [-0.1, -0.05) is 6.07 Å². The SMILES string of the molecule is Cc1ccc2nc(N3CC[C@@H](F)[C@H](N)C3)n(CC(=O)N3CCOCC3)c2c1. The summed E-state index contributed by atoms with van der Waals surface area (Å²) < 4.78 is 21.1. The summed E-state index contributed by atoms with van der Waals surface area (Å²) in [6, 6.07) is 5.47. The number of benzene rings is 1. The van der Waals surface area contributed by atoms with Crippen LogP contribution in [0.2, 0.25) is 0 Å². The molecule has 0 saturated carbocycles. The molecule has 1 aromatic carbocycles. The minimum atomic E-state index is -0.990. The Morgan fingerprint density at radius 1 is 1.33 bits per heavy atom. The van der Waals surface area contributed by atoms with Crippen LogP contribution in [0.25, 0.3) is 11.0 Å². The summed E-state index contributed by atoms with van der Waals surface area (Å²) in [5, 5.41) is 0. The first-order valence-corrected chi connectivity index (χ1v) is 9.50. The van der Waals surface area contributed by atoms with E-state index in [1.165, 1.54) is 0 Å². The Bertz CT molecular complexity index is 833. The molecule has 2 saturated heterocycles. The van der Waals surface area contributed by atoms with Crippen LogP contribution >= 0.6 is 0 Å². The molecule has 8 heteroatoms. The summed E-state index contributed by atoms with van der Waals surface area (Å²) in [7, 11) is 0. The number of halogens is 1. The quantitative estimate of drug-likeness (QED) is 0.869. The van der Waals surface area contributed by atoms with E-state index in [-0.39, 0.29) is 12.5 Å². The molecular formula is C19H26FN5O2. The average Bonchev–Trinajstić information content (AvgIpc) is 3.02. The number of aryl methyl sites for hydroxylation is 1. The van der Waals surface area contributed by atoms with Gasteiger partial charge >= 0.3 is 0 Å². The highest BCUT2D eigenvalue weighted by Gasteiger charge is 2.30. The maximum Gasteiger partial charge on any atom is 0.242 e. The highest BCUT2D eigenvalue weighted by molar-refractivity contribution is 5.84. The Labute approximate surface area is 157 Å². The van der Waals surface area contributed by atoms with Crippen molar-refractivity contribution in [2.75, 3.05) is 44.3 Å². The van der Waals surface area contributed by atoms with E-state index in [1.807, 2.05) is 39.5 Å². The molecule has 1 aromatic heterocycles. The number of morpholine rings is 1. The summed E-state index contributed by atoms with van der Waals surface area (Å²) in [4.78, 5) is 21.4. The molecule has 0 aliphatic carbocycles. The molecule has 0 radical (unpaired) electrons. The standard InChI is InChI=1S/C19H26FN5O2/c1-13-2-3-16-17(10-13)25(12-18(26)23-6-8-27-9-7-23)19(22-16)24-5-4-14(20)15(21)11-24/h2-3,10,14-15H,4-9,11-12,21H2,1H3/t14-,15-/m1/s1. The molecule has 0 unspecified atom stereocenters. The van der Waals surface area contributed by atoms with Gasteiger partial charge in [-0.15, -0.1) is 0 Å². The minimum Gasteiger partial charge on any atom is -0.378 e. The monoisotopic (exact) mass is 375 g/mol. The molecule has 0 bridgehead atoms. The van der Waals surface area contributed by atoms with Gasteiger partial charge in [-0.3, -0.25) is 4.79 Å². The number of piperidine rings is 1. The van der Waals surface area contributed by atoms with Gasteiger partial charge in [0.1, 0.15) is 12.7 Å². The first-order chi connectivity index (χ1) is 13.0. The van der Waals surface area contributed by atoms with Gasteiger partial charge in [0.25, 0.3) is 0 Å². The number of carbonyl (C=O) groups excluding carboxylic acids is 1. The Balaban J connectivity index is 1.68. The number of amides is 1. The smallest absolute Gasteiger partial charge is 0.242 e. The van der Waals surface area contributed by atoms with Crippen LogP contribution in [0.4, 0.5) is 10.3 Å². The topological polar surface area (TPSA) is 76.6 Å². The van der Waals surface area contributed by atoms with Crippen molar-refractivity contribution in [2.24, 2.45) is 5.73 Å². The van der Waals surface area contributed by atoms with Gasteiger partial charge in [-0.2, -0.15) is 0 Å². The number of fused-ring (bicyclic) bond motifs is 1. The number of hydrogen-bond donors (Lipinski definition) is 1. The molecule has 7 nitrogen and oxygen atoms in total. The molecule has 2 aromatic rings. The van der Waals surface area contributed by atoms with Crippen molar-refractivity contribution >= 4 is 22.9 Å². The summed E-state index contributed by atoms with van der Waals surface area (Å²) in [6.45, 7) is 5.53. The van der Waals surface area contributed by atoms with Crippen molar-refractivity contribution in [3.05, 3.63) is 23.8 Å². The number of alkyl halides is 1. The molecular weight excluding hydrogens is 349 g/mol. The van der Waals surface area contributed by atoms with Crippen LogP contribution in [0.1, 0.15) is 12.0 Å². The average molecular weight is 375 g/mol. The molecule has 2 atom stereocenters. The largest absolute Gasteiger partial charge is 0.378 e. The van der Waals surface area contributed by atoms with Gasteiger partial charge in [0.2, 0.25) is 11.9 Å². The second-order valence-electron chi connectivity index (χ2n) is 7.40. The number of ether oxygens (including phenoxy) is 1. The van der Waals surface area contributed by atoms with E-state index in [9.17, 15) is 9.18 Å². The Morgan fingerprint density at radius 2 is 2.11 bits per heavy atom. The normalized spacial score (nSPS) is 23.8. The van der Waals surface area contributed by atoms with Gasteiger partial charge in [0, 0.05) is 26.2 Å². The fourth-order valence-corrected chi connectivity index (χ4v) is 3.80. The molecule has 27 heavy (non-hydrogen) atoms. The highest BCUT2D eigenvalue weighted by Crippen LogP contribution is 2.27. The van der Waals surface area contributed by atoms with Gasteiger partial charge < -0.3 is 24.8 Å². The second kappa shape index (κ2) is 7.44. The van der Waals surface area contributed by atoms with Crippen molar-refractivity contribution in [1.29, 1.82) is 0 Å². The molecule has 2 aliphatic heterocycles. The van der Waals surface area contributed by atoms with Crippen LogP contribution in [-0.2, 0) is 16.1 Å². The number of rotatable bonds is 3. The second-order valence-corrected chi connectivity index (χ2v) is 7.40. The number of carbonyl (C=O) groups is 1. The molecule has 146 valence electrons. The van der Waals surface area contributed by atoms with Crippen LogP contribution < -0.4 is 10.6 Å². The van der Waals surface area contributed by atoms with E-state index in [0.717, 1.165) is 16.6 Å². The van der Waals surface area contributed by atoms with Crippen LogP contribution in [0.15, 0.2) is 18.2 Å². The predicted molar refractivity (Wildman–Crippen MR) is 102 cm³/mol. The summed E-state index contributed by atoms with van der Waals surface area (Å²) in [6.07, 6.45) is -0.614. The van der Waals surface area contributed by atoms with Gasteiger partial charge in [0.15, 0.2) is 0 Å². The zero-order valence-corrected chi connectivity index (χ0v) is 15.6. The van der Waals surface area contributed by atoms with Crippen LogP contribution in [0, 0.1) is 6.92 Å². The first-order valence-electron chi connectivity index (χ1n) is 9.50. The fraction of sp³-hybridized carbons (Fsp3) is 0.579. The third-order valence-electron chi connectivity index (χ3n) is 5.39. The minimum absolute atomic E-state index is 0.0463. The maximum absolute atomic E-state index is 13.8. The third-order valence-corrected chi connectivity index (χ3v) is 5.39. The Kier molecular flexibility index (Phi) is 5.01. The summed E-state index contributed by atoms with van der Waals surface area (Å²) >= 11 is 0. The lowest BCUT2D eigenvalue weighted by Gasteiger charge is -2.34. The molecule has 2 N–H and O–H groups in total. The highest BCUT2D eigenvalue weighted by atomic mass is 19.1. The number of aromatic nitrogens is 2. The fourth-order valence-electron chi connectivity index (χ4n) is 3.80. The Hall–Kier alpha value is -2.19. The number of nitrogens with zero attached hydrogens (tertiary/aromatic N) is 4. The molecule has 4 rings (SSSR count). The van der Waals surface area contributed by atoms with E-state index in [4.69, 9.17) is 15.5 Å². The van der Waals surface area contributed by atoms with E-state index >= 15 is 0 Å². The van der Waals surface area contributed by atoms with E-state index < -0.39 is 12.2 Å². The Morgan fingerprint density at radius 3 is 2.85 bits per heavy atom. The van der Waals surface area contributed by atoms with E-state index in [2.05, 4.69) is 0 Å². The van der Waals surface area contributed by atoms with Crippen molar-refractivity contribution in [1.82, 2.24) is 14.5 Å². The van der Waals surface area contributed by atoms with Crippen LogP contribution in [0.5, 0.6) is 0 Å². The molecule has 2 fully saturated rings. The molecule has 0 spiro atoms. The van der Waals surface area contributed by atoms with E-state index in [1.54, 1.807) is 0 Å². The summed E-state index contributed by atoms with van der Waals surface area (Å²) in [5.74, 6) is 0.740. The zero-order chi connectivity index (χ0) is 19.0. The lowest BCUT2D eigenvalue weighted by molar-refractivity contribution is -0.135. The van der Waals surface area contributed by atoms with Gasteiger partial charge in [0.05, 0.1) is 30.3 Å². The van der Waals surface area contributed by atoms with Gasteiger partial charge in [-0.05, 0) is 31.0 Å². The molecule has 2 aliphatic rings. The predicted octanol–water partition coefficient (Wildman–Crippen LogP) is 1.08. The summed E-state index contributed by atoms with van der Waals surface area (Å²) in [5.41, 5.74) is 8.81. The lowest BCUT2D eigenvalue weighted by atomic mass is 10.1. The van der Waals surface area contributed by atoms with E-state index in [0.29, 0.717) is 51.8 Å². The van der Waals surface area contributed by atoms with Crippen LogP contribution in [-0.4, -0.2) is 72.0 Å². The number of anilines is 1. The maximum atomic E-state index is 13.8. The van der Waals surface area contributed by atoms with Crippen molar-refractivity contribution < 1.29 is 13.9 Å². The van der Waals surface area contributed by atoms with Crippen molar-refractivity contribution in [3.63, 3.8) is 0 Å². The molecule has 3 heterocycles. The molecule has 1 amide bonds. The number of nitrogens with two attached hydrogens (primary N) is 1. The third kappa shape index (κ3) is 3.64. The zero-order valence-electron chi connectivity index (χ0n) is 15.6. The van der Waals surface area contributed by atoms with Gasteiger partial charge in [-0.25, -0.2) is 9.37 Å². The van der Waals surface area contributed by atoms with Crippen LogP contribution in [0.3, 0.4) is 0 Å². The first kappa shape index (κ1) is 18.2. The van der Waals surface area contributed by atoms with Crippen molar-refractivity contribution in [3.8, 4) is 0 Å². The van der Waals surface area contributed by atoms with Crippen molar-refractivity contribution in [2.45, 2.75) is 32.1 Å². The lowest BCUT2D eigenvalue weighted by Crippen LogP contribution is -2.50. The number of imidazole rings is 1.